The Balaban J connectivity index is 1.48. The average molecular weight is 475 g/mol. The summed E-state index contributed by atoms with van der Waals surface area (Å²) < 4.78 is 60.2. The van der Waals surface area contributed by atoms with Crippen LogP contribution < -0.4 is 10.0 Å². The van der Waals surface area contributed by atoms with E-state index in [1.54, 1.807) is 0 Å². The number of carbonyl (C=O) groups is 1. The number of halogens is 5. The standard InChI is InChI=1S/C20H31ClF4N2O2S/c1-13(27-19(28)11-29-16-6-7-17(21)18(22)10-16)8-9-26-30-12-14-2-4-15(5-3-14)20(23,24)25/h14-18,26H,1-12H2,(H,27,28). The third-order valence-electron chi connectivity index (χ3n) is 5.67. The van der Waals surface area contributed by atoms with E-state index in [0.717, 1.165) is 5.75 Å². The highest BCUT2D eigenvalue weighted by atomic mass is 35.5. The fourth-order valence-corrected chi connectivity index (χ4v) is 4.95. The van der Waals surface area contributed by atoms with Crippen LogP contribution in [0.15, 0.2) is 12.3 Å². The van der Waals surface area contributed by atoms with E-state index in [1.165, 1.54) is 11.9 Å². The molecule has 2 fully saturated rings. The van der Waals surface area contributed by atoms with Gasteiger partial charge in [0.1, 0.15) is 12.8 Å². The molecule has 1 amide bonds. The van der Waals surface area contributed by atoms with Crippen LogP contribution in [0.3, 0.4) is 0 Å². The predicted molar refractivity (Wildman–Crippen MR) is 112 cm³/mol. The van der Waals surface area contributed by atoms with E-state index < -0.39 is 23.6 Å². The van der Waals surface area contributed by atoms with Crippen molar-refractivity contribution in [2.45, 2.75) is 75.2 Å². The van der Waals surface area contributed by atoms with Gasteiger partial charge < -0.3 is 10.1 Å². The zero-order valence-corrected chi connectivity index (χ0v) is 18.6. The first kappa shape index (κ1) is 25.7. The monoisotopic (exact) mass is 474 g/mol. The summed E-state index contributed by atoms with van der Waals surface area (Å²) in [5, 5.41) is 2.19. The van der Waals surface area contributed by atoms with Crippen molar-refractivity contribution in [1.29, 1.82) is 0 Å². The Labute approximate surface area is 185 Å². The second-order valence-electron chi connectivity index (χ2n) is 8.14. The summed E-state index contributed by atoms with van der Waals surface area (Å²) in [5.74, 6) is -0.384. The highest BCUT2D eigenvalue weighted by Crippen LogP contribution is 2.40. The van der Waals surface area contributed by atoms with Gasteiger partial charge in [0.25, 0.3) is 0 Å². The minimum absolute atomic E-state index is 0.147. The van der Waals surface area contributed by atoms with E-state index in [4.69, 9.17) is 16.3 Å². The second-order valence-corrected chi connectivity index (χ2v) is 9.62. The van der Waals surface area contributed by atoms with Crippen molar-refractivity contribution in [3.8, 4) is 0 Å². The average Bonchev–Trinajstić information content (AvgIpc) is 2.68. The topological polar surface area (TPSA) is 50.4 Å². The minimum Gasteiger partial charge on any atom is -0.368 e. The van der Waals surface area contributed by atoms with Gasteiger partial charge >= 0.3 is 6.18 Å². The lowest BCUT2D eigenvalue weighted by Gasteiger charge is -2.29. The van der Waals surface area contributed by atoms with Crippen molar-refractivity contribution in [2.24, 2.45) is 11.8 Å². The molecule has 174 valence electrons. The Morgan fingerprint density at radius 1 is 1.17 bits per heavy atom. The number of nitrogens with one attached hydrogen (secondary N) is 2. The SMILES string of the molecule is C=C(CCNSCC1CCC(C(F)(F)F)CC1)NC(=O)COC1CCC(Cl)C(F)C1. The van der Waals surface area contributed by atoms with Crippen LogP contribution in [0.4, 0.5) is 17.6 Å². The van der Waals surface area contributed by atoms with Gasteiger partial charge in [0.2, 0.25) is 5.91 Å². The van der Waals surface area contributed by atoms with E-state index in [2.05, 4.69) is 16.6 Å². The lowest BCUT2D eigenvalue weighted by atomic mass is 9.82. The summed E-state index contributed by atoms with van der Waals surface area (Å²) in [4.78, 5) is 11.9. The summed E-state index contributed by atoms with van der Waals surface area (Å²) in [6, 6.07) is 0. The third-order valence-corrected chi connectivity index (χ3v) is 7.21. The molecule has 4 nitrogen and oxygen atoms in total. The molecule has 30 heavy (non-hydrogen) atoms. The number of hydrogen-bond donors (Lipinski definition) is 2. The molecule has 0 aliphatic heterocycles. The van der Waals surface area contributed by atoms with Crippen molar-refractivity contribution in [1.82, 2.24) is 10.0 Å². The smallest absolute Gasteiger partial charge is 0.368 e. The van der Waals surface area contributed by atoms with Crippen LogP contribution in [0.2, 0.25) is 0 Å². The Hall–Kier alpha value is -0.510. The maximum absolute atomic E-state index is 13.6. The first-order valence-electron chi connectivity index (χ1n) is 10.4. The molecule has 0 bridgehead atoms. The number of hydrogen-bond acceptors (Lipinski definition) is 4. The molecule has 2 aliphatic rings. The summed E-state index contributed by atoms with van der Waals surface area (Å²) in [6.45, 7) is 4.25. The number of amides is 1. The summed E-state index contributed by atoms with van der Waals surface area (Å²) in [6.07, 6.45) is -1.88. The zero-order chi connectivity index (χ0) is 22.1. The van der Waals surface area contributed by atoms with Gasteiger partial charge in [-0.05, 0) is 44.4 Å². The van der Waals surface area contributed by atoms with Crippen LogP contribution in [-0.4, -0.2) is 48.6 Å². The molecule has 10 heteroatoms. The van der Waals surface area contributed by atoms with Gasteiger partial charge in [0, 0.05) is 30.8 Å². The van der Waals surface area contributed by atoms with Gasteiger partial charge in [-0.2, -0.15) is 13.2 Å². The summed E-state index contributed by atoms with van der Waals surface area (Å²) in [7, 11) is 0. The first-order chi connectivity index (χ1) is 14.1. The van der Waals surface area contributed by atoms with Crippen molar-refractivity contribution >= 4 is 29.5 Å². The van der Waals surface area contributed by atoms with Crippen LogP contribution in [0.25, 0.3) is 0 Å². The van der Waals surface area contributed by atoms with E-state index in [1.807, 2.05) is 0 Å². The van der Waals surface area contributed by atoms with Gasteiger partial charge in [0.05, 0.1) is 17.4 Å². The maximum atomic E-state index is 13.6. The molecule has 0 radical (unpaired) electrons. The normalized spacial score (nSPS) is 30.1. The number of alkyl halides is 5. The minimum atomic E-state index is -4.06. The molecule has 0 spiro atoms. The van der Waals surface area contributed by atoms with Crippen LogP contribution in [0.5, 0.6) is 0 Å². The molecule has 0 heterocycles. The van der Waals surface area contributed by atoms with Gasteiger partial charge in [-0.1, -0.05) is 18.5 Å². The zero-order valence-electron chi connectivity index (χ0n) is 17.0. The van der Waals surface area contributed by atoms with Gasteiger partial charge in [-0.3, -0.25) is 9.52 Å². The van der Waals surface area contributed by atoms with E-state index >= 15 is 0 Å². The fraction of sp³-hybridized carbons (Fsp3) is 0.850. The van der Waals surface area contributed by atoms with Crippen molar-refractivity contribution in [3.05, 3.63) is 12.3 Å². The summed E-state index contributed by atoms with van der Waals surface area (Å²) >= 11 is 7.33. The highest BCUT2D eigenvalue weighted by Gasteiger charge is 2.41. The largest absolute Gasteiger partial charge is 0.391 e. The number of rotatable bonds is 10. The predicted octanol–water partition coefficient (Wildman–Crippen LogP) is 5.13. The van der Waals surface area contributed by atoms with Crippen LogP contribution in [0.1, 0.15) is 51.4 Å². The Kier molecular flexibility index (Phi) is 10.7. The molecule has 2 aliphatic carbocycles. The Morgan fingerprint density at radius 2 is 1.87 bits per heavy atom. The first-order valence-corrected chi connectivity index (χ1v) is 11.9. The molecular weight excluding hydrogens is 444 g/mol. The van der Waals surface area contributed by atoms with E-state index in [9.17, 15) is 22.4 Å². The molecule has 0 aromatic heterocycles. The molecular formula is C20H31ClF4N2O2S. The van der Waals surface area contributed by atoms with Gasteiger partial charge in [-0.25, -0.2) is 4.39 Å². The van der Waals surface area contributed by atoms with Crippen LogP contribution in [0, 0.1) is 11.8 Å². The van der Waals surface area contributed by atoms with E-state index in [-0.39, 0.29) is 37.9 Å². The molecule has 0 saturated heterocycles. The van der Waals surface area contributed by atoms with Crippen molar-refractivity contribution in [2.75, 3.05) is 18.9 Å². The molecule has 0 aromatic rings. The quantitative estimate of drug-likeness (QED) is 0.199. The maximum Gasteiger partial charge on any atom is 0.391 e. The third kappa shape index (κ3) is 9.32. The number of ether oxygens (including phenoxy) is 1. The van der Waals surface area contributed by atoms with Gasteiger partial charge in [-0.15, -0.1) is 11.6 Å². The van der Waals surface area contributed by atoms with Gasteiger partial charge in [0.15, 0.2) is 0 Å². The van der Waals surface area contributed by atoms with Crippen LogP contribution >= 0.6 is 23.5 Å². The lowest BCUT2D eigenvalue weighted by molar-refractivity contribution is -0.183. The molecule has 3 unspecified atom stereocenters. The Bertz CT molecular complexity index is 559. The second kappa shape index (κ2) is 12.5. The fourth-order valence-electron chi connectivity index (χ4n) is 3.79. The summed E-state index contributed by atoms with van der Waals surface area (Å²) in [5.41, 5.74) is 0.551. The number of carbonyl (C=O) groups excluding carboxylic acids is 1. The molecule has 2 rings (SSSR count). The molecule has 0 aromatic carbocycles. The highest BCUT2D eigenvalue weighted by molar-refractivity contribution is 7.97. The molecule has 2 saturated carbocycles. The molecule has 2 N–H and O–H groups in total. The van der Waals surface area contributed by atoms with Crippen molar-refractivity contribution in [3.63, 3.8) is 0 Å². The van der Waals surface area contributed by atoms with E-state index in [0.29, 0.717) is 50.3 Å². The Morgan fingerprint density at radius 3 is 2.50 bits per heavy atom. The molecule has 3 atom stereocenters. The lowest BCUT2D eigenvalue weighted by Crippen LogP contribution is -2.35. The van der Waals surface area contributed by atoms with Crippen molar-refractivity contribution < 1.29 is 27.1 Å². The van der Waals surface area contributed by atoms with Crippen LogP contribution in [-0.2, 0) is 9.53 Å².